The van der Waals surface area contributed by atoms with E-state index in [9.17, 15) is 0 Å². The Labute approximate surface area is 102 Å². The molecule has 0 atom stereocenters. The van der Waals surface area contributed by atoms with Crippen molar-refractivity contribution < 1.29 is 0 Å². The number of nitrogens with one attached hydrogen (secondary N) is 1. The van der Waals surface area contributed by atoms with Gasteiger partial charge in [-0.25, -0.2) is 0 Å². The first-order chi connectivity index (χ1) is 7.43. The largest absolute Gasteiger partial charge is 0.355 e. The molecule has 2 aromatic rings. The number of hydrogen-bond acceptors (Lipinski definition) is 1. The van der Waals surface area contributed by atoms with Crippen molar-refractivity contribution in [3.05, 3.63) is 59.7 Å². The van der Waals surface area contributed by atoms with Crippen LogP contribution in [0.5, 0.6) is 0 Å². The molecule has 0 spiro atoms. The molecule has 0 fully saturated rings. The van der Waals surface area contributed by atoms with E-state index in [0.29, 0.717) is 0 Å². The average molecular weight is 232 g/mol. The highest BCUT2D eigenvalue weighted by molar-refractivity contribution is 5.85. The molecule has 1 aliphatic heterocycles. The van der Waals surface area contributed by atoms with Gasteiger partial charge in [-0.15, -0.1) is 12.4 Å². The summed E-state index contributed by atoms with van der Waals surface area (Å²) >= 11 is 0. The minimum Gasteiger partial charge on any atom is -0.355 e. The van der Waals surface area contributed by atoms with Crippen LogP contribution < -0.4 is 5.32 Å². The fourth-order valence-electron chi connectivity index (χ4n) is 2.13. The van der Waals surface area contributed by atoms with Crippen molar-refractivity contribution in [2.75, 3.05) is 5.32 Å². The van der Waals surface area contributed by atoms with E-state index < -0.39 is 0 Å². The lowest BCUT2D eigenvalue weighted by Gasteiger charge is -2.08. The zero-order chi connectivity index (χ0) is 10.1. The van der Waals surface area contributed by atoms with E-state index in [1.807, 2.05) is 0 Å². The molecule has 2 aromatic carbocycles. The van der Waals surface area contributed by atoms with Crippen LogP contribution in [0.1, 0.15) is 11.1 Å². The number of rotatable bonds is 0. The molecule has 0 bridgehead atoms. The molecule has 1 nitrogen and oxygen atoms in total. The fraction of sp³-hybridized carbons (Fsp3) is 0.143. The second-order valence-corrected chi connectivity index (χ2v) is 3.94. The number of fused-ring (bicyclic) bond motifs is 2. The van der Waals surface area contributed by atoms with Gasteiger partial charge in [-0.05, 0) is 36.1 Å². The average Bonchev–Trinajstić information content (AvgIpc) is 2.48. The van der Waals surface area contributed by atoms with Crippen molar-refractivity contribution in [2.24, 2.45) is 0 Å². The lowest BCUT2D eigenvalue weighted by Crippen LogP contribution is -1.92. The van der Waals surface area contributed by atoms with Gasteiger partial charge in [-0.2, -0.15) is 0 Å². The third kappa shape index (κ3) is 1.91. The molecule has 0 amide bonds. The SMILES string of the molecule is Cl.c1ccc2c(c1)CCc1ccccc1N2. The second-order valence-electron chi connectivity index (χ2n) is 3.94. The summed E-state index contributed by atoms with van der Waals surface area (Å²) in [6.07, 6.45) is 2.25. The van der Waals surface area contributed by atoms with E-state index >= 15 is 0 Å². The van der Waals surface area contributed by atoms with E-state index in [-0.39, 0.29) is 12.4 Å². The van der Waals surface area contributed by atoms with Gasteiger partial charge in [0, 0.05) is 11.4 Å². The summed E-state index contributed by atoms with van der Waals surface area (Å²) in [5, 5.41) is 3.50. The predicted octanol–water partition coefficient (Wildman–Crippen LogP) is 3.95. The van der Waals surface area contributed by atoms with Crippen molar-refractivity contribution in [1.29, 1.82) is 0 Å². The van der Waals surface area contributed by atoms with Gasteiger partial charge >= 0.3 is 0 Å². The Bertz CT molecular complexity index is 448. The van der Waals surface area contributed by atoms with Gasteiger partial charge in [0.1, 0.15) is 0 Å². The van der Waals surface area contributed by atoms with Crippen molar-refractivity contribution in [2.45, 2.75) is 12.8 Å². The van der Waals surface area contributed by atoms with Crippen LogP contribution in [0, 0.1) is 0 Å². The fourth-order valence-corrected chi connectivity index (χ4v) is 2.13. The zero-order valence-corrected chi connectivity index (χ0v) is 9.76. The monoisotopic (exact) mass is 231 g/mol. The molecule has 1 heterocycles. The summed E-state index contributed by atoms with van der Waals surface area (Å²) < 4.78 is 0. The standard InChI is InChI=1S/C14H13N.ClH/c1-3-7-13-11(5-1)9-10-12-6-2-4-8-14(12)15-13;/h1-8,15H,9-10H2;1H. The number of benzene rings is 2. The molecule has 82 valence electrons. The number of aryl methyl sites for hydroxylation is 2. The summed E-state index contributed by atoms with van der Waals surface area (Å²) in [6.45, 7) is 0. The lowest BCUT2D eigenvalue weighted by atomic mass is 10.0. The highest BCUT2D eigenvalue weighted by Crippen LogP contribution is 2.29. The van der Waals surface area contributed by atoms with Crippen molar-refractivity contribution in [3.8, 4) is 0 Å². The third-order valence-electron chi connectivity index (χ3n) is 2.97. The molecule has 3 rings (SSSR count). The summed E-state index contributed by atoms with van der Waals surface area (Å²) in [7, 11) is 0. The second kappa shape index (κ2) is 4.58. The Kier molecular flexibility index (Phi) is 3.16. The number of halogens is 1. The summed E-state index contributed by atoms with van der Waals surface area (Å²) in [5.74, 6) is 0. The molecule has 2 heteroatoms. The Hall–Kier alpha value is -1.47. The summed E-state index contributed by atoms with van der Waals surface area (Å²) in [4.78, 5) is 0. The van der Waals surface area contributed by atoms with Gasteiger partial charge in [-0.1, -0.05) is 36.4 Å². The van der Waals surface area contributed by atoms with Crippen LogP contribution in [0.25, 0.3) is 0 Å². The van der Waals surface area contributed by atoms with Crippen LogP contribution >= 0.6 is 12.4 Å². The molecule has 0 unspecified atom stereocenters. The van der Waals surface area contributed by atoms with E-state index in [1.54, 1.807) is 0 Å². The first kappa shape index (κ1) is 11.0. The quantitative estimate of drug-likeness (QED) is 0.724. The number of hydrogen-bond donors (Lipinski definition) is 1. The number of anilines is 2. The van der Waals surface area contributed by atoms with E-state index in [1.165, 1.54) is 22.5 Å². The first-order valence-corrected chi connectivity index (χ1v) is 5.36. The van der Waals surface area contributed by atoms with Crippen LogP contribution in [0.4, 0.5) is 11.4 Å². The highest BCUT2D eigenvalue weighted by atomic mass is 35.5. The van der Waals surface area contributed by atoms with Crippen molar-refractivity contribution in [1.82, 2.24) is 0 Å². The highest BCUT2D eigenvalue weighted by Gasteiger charge is 2.10. The molecule has 0 saturated carbocycles. The molecule has 0 aromatic heterocycles. The normalized spacial score (nSPS) is 12.5. The van der Waals surface area contributed by atoms with Crippen LogP contribution in [0.15, 0.2) is 48.5 Å². The van der Waals surface area contributed by atoms with Gasteiger partial charge in [0.2, 0.25) is 0 Å². The smallest absolute Gasteiger partial charge is 0.0416 e. The number of para-hydroxylation sites is 2. The Morgan fingerprint density at radius 2 is 1.12 bits per heavy atom. The molecule has 0 aliphatic carbocycles. The topological polar surface area (TPSA) is 12.0 Å². The Morgan fingerprint density at radius 3 is 1.62 bits per heavy atom. The van der Waals surface area contributed by atoms with Crippen molar-refractivity contribution in [3.63, 3.8) is 0 Å². The molecule has 0 saturated heterocycles. The maximum absolute atomic E-state index is 3.50. The predicted molar refractivity (Wildman–Crippen MR) is 70.8 cm³/mol. The summed E-state index contributed by atoms with van der Waals surface area (Å²) in [5.41, 5.74) is 5.33. The van der Waals surface area contributed by atoms with E-state index in [2.05, 4.69) is 53.8 Å². The van der Waals surface area contributed by atoms with Gasteiger partial charge in [0.25, 0.3) is 0 Å². The van der Waals surface area contributed by atoms with E-state index in [4.69, 9.17) is 0 Å². The minimum atomic E-state index is 0. The van der Waals surface area contributed by atoms with Crippen LogP contribution in [0.2, 0.25) is 0 Å². The molecule has 0 radical (unpaired) electrons. The Morgan fingerprint density at radius 1 is 0.688 bits per heavy atom. The third-order valence-corrected chi connectivity index (χ3v) is 2.97. The van der Waals surface area contributed by atoms with Gasteiger partial charge in [-0.3, -0.25) is 0 Å². The van der Waals surface area contributed by atoms with Crippen LogP contribution in [-0.2, 0) is 12.8 Å². The van der Waals surface area contributed by atoms with Gasteiger partial charge < -0.3 is 5.32 Å². The maximum Gasteiger partial charge on any atom is 0.0416 e. The van der Waals surface area contributed by atoms with Crippen LogP contribution in [-0.4, -0.2) is 0 Å². The van der Waals surface area contributed by atoms with Crippen LogP contribution in [0.3, 0.4) is 0 Å². The van der Waals surface area contributed by atoms with Gasteiger partial charge in [0.05, 0.1) is 0 Å². The van der Waals surface area contributed by atoms with E-state index in [0.717, 1.165) is 12.8 Å². The molecule has 16 heavy (non-hydrogen) atoms. The van der Waals surface area contributed by atoms with Gasteiger partial charge in [0.15, 0.2) is 0 Å². The first-order valence-electron chi connectivity index (χ1n) is 5.36. The summed E-state index contributed by atoms with van der Waals surface area (Å²) in [6, 6.07) is 17.1. The lowest BCUT2D eigenvalue weighted by molar-refractivity contribution is 0.977. The minimum absolute atomic E-state index is 0. The van der Waals surface area contributed by atoms with Crippen molar-refractivity contribution >= 4 is 23.8 Å². The molecular weight excluding hydrogens is 218 g/mol. The Balaban J connectivity index is 0.000000963. The maximum atomic E-state index is 3.50. The molecular formula is C14H14ClN. The zero-order valence-electron chi connectivity index (χ0n) is 8.94. The molecule has 1 aliphatic rings. The molecule has 1 N–H and O–H groups in total.